The number of anilines is 1. The summed E-state index contributed by atoms with van der Waals surface area (Å²) in [6.45, 7) is 5.67. The highest BCUT2D eigenvalue weighted by Crippen LogP contribution is 2.32. The number of carbonyl (C=O) groups is 1. The number of aryl methyl sites for hydroxylation is 1. The third kappa shape index (κ3) is 3.46. The van der Waals surface area contributed by atoms with Crippen molar-refractivity contribution in [2.45, 2.75) is 31.8 Å². The number of hydrogen-bond acceptors (Lipinski definition) is 5. The molecule has 138 valence electrons. The van der Waals surface area contributed by atoms with Gasteiger partial charge in [0.25, 0.3) is 5.91 Å². The van der Waals surface area contributed by atoms with E-state index in [-0.39, 0.29) is 11.5 Å². The lowest BCUT2D eigenvalue weighted by atomic mass is 9.92. The number of ether oxygens (including phenoxy) is 1. The molecule has 0 bridgehead atoms. The molecule has 6 heteroatoms. The molecule has 26 heavy (non-hydrogen) atoms. The Balaban J connectivity index is 1.45. The van der Waals surface area contributed by atoms with E-state index in [0.717, 1.165) is 50.5 Å². The summed E-state index contributed by atoms with van der Waals surface area (Å²) < 4.78 is 11.8. The lowest BCUT2D eigenvalue weighted by molar-refractivity contribution is -0.0643. The van der Waals surface area contributed by atoms with Gasteiger partial charge in [0.2, 0.25) is 0 Å². The molecular formula is C20H25N3O3. The molecule has 0 aromatic carbocycles. The number of aromatic nitrogens is 1. The minimum atomic E-state index is -0.204. The van der Waals surface area contributed by atoms with Crippen molar-refractivity contribution in [2.75, 3.05) is 37.7 Å². The molecule has 1 unspecified atom stereocenters. The molecule has 6 nitrogen and oxygen atoms in total. The molecule has 1 spiro atoms. The van der Waals surface area contributed by atoms with E-state index in [9.17, 15) is 4.79 Å². The SMILES string of the molecule is Cc1ccc(C(=O)N2CCCC3(CC2)CN(c2ccccn2)CCO3)o1. The van der Waals surface area contributed by atoms with Crippen LogP contribution in [0.25, 0.3) is 0 Å². The highest BCUT2D eigenvalue weighted by molar-refractivity contribution is 5.91. The quantitative estimate of drug-likeness (QED) is 0.829. The fourth-order valence-electron chi connectivity index (χ4n) is 3.96. The van der Waals surface area contributed by atoms with Crippen LogP contribution in [0.2, 0.25) is 0 Å². The minimum absolute atomic E-state index is 0.0208. The Morgan fingerprint density at radius 3 is 2.85 bits per heavy atom. The van der Waals surface area contributed by atoms with Crippen molar-refractivity contribution in [3.8, 4) is 0 Å². The van der Waals surface area contributed by atoms with E-state index in [1.807, 2.05) is 42.3 Å². The molecule has 2 aliphatic heterocycles. The number of carbonyl (C=O) groups excluding carboxylic acids is 1. The van der Waals surface area contributed by atoms with Crippen LogP contribution in [0.4, 0.5) is 5.82 Å². The second-order valence-corrected chi connectivity index (χ2v) is 7.20. The number of rotatable bonds is 2. The fraction of sp³-hybridized carbons (Fsp3) is 0.500. The first kappa shape index (κ1) is 17.1. The van der Waals surface area contributed by atoms with Gasteiger partial charge >= 0.3 is 0 Å². The van der Waals surface area contributed by atoms with Crippen molar-refractivity contribution in [3.63, 3.8) is 0 Å². The number of likely N-dealkylation sites (tertiary alicyclic amines) is 1. The van der Waals surface area contributed by atoms with E-state index in [4.69, 9.17) is 9.15 Å². The van der Waals surface area contributed by atoms with Gasteiger partial charge in [0.1, 0.15) is 11.6 Å². The molecule has 2 aromatic rings. The fourth-order valence-corrected chi connectivity index (χ4v) is 3.96. The Bertz CT molecular complexity index is 761. The van der Waals surface area contributed by atoms with Crippen molar-refractivity contribution in [1.29, 1.82) is 0 Å². The number of amides is 1. The van der Waals surface area contributed by atoms with Crippen LogP contribution < -0.4 is 4.90 Å². The maximum absolute atomic E-state index is 12.7. The van der Waals surface area contributed by atoms with E-state index in [0.29, 0.717) is 18.9 Å². The summed E-state index contributed by atoms with van der Waals surface area (Å²) in [4.78, 5) is 21.4. The Hall–Kier alpha value is -2.34. The monoisotopic (exact) mass is 355 g/mol. The van der Waals surface area contributed by atoms with Gasteiger partial charge in [-0.25, -0.2) is 4.98 Å². The zero-order valence-electron chi connectivity index (χ0n) is 15.2. The zero-order chi connectivity index (χ0) is 18.0. The molecule has 0 aliphatic carbocycles. The van der Waals surface area contributed by atoms with Gasteiger partial charge in [0.15, 0.2) is 5.76 Å². The summed E-state index contributed by atoms with van der Waals surface area (Å²) in [7, 11) is 0. The first-order chi connectivity index (χ1) is 12.7. The average Bonchev–Trinajstić information content (AvgIpc) is 3.01. The largest absolute Gasteiger partial charge is 0.456 e. The van der Waals surface area contributed by atoms with Gasteiger partial charge in [-0.1, -0.05) is 6.07 Å². The van der Waals surface area contributed by atoms with Crippen molar-refractivity contribution in [3.05, 3.63) is 48.0 Å². The third-order valence-corrected chi connectivity index (χ3v) is 5.36. The lowest BCUT2D eigenvalue weighted by Gasteiger charge is -2.43. The summed E-state index contributed by atoms with van der Waals surface area (Å²) in [6, 6.07) is 9.60. The maximum atomic E-state index is 12.7. The molecule has 0 saturated carbocycles. The van der Waals surface area contributed by atoms with Gasteiger partial charge in [0.05, 0.1) is 12.2 Å². The van der Waals surface area contributed by atoms with Gasteiger partial charge in [-0.3, -0.25) is 4.79 Å². The predicted octanol–water partition coefficient (Wildman–Crippen LogP) is 2.88. The predicted molar refractivity (Wildman–Crippen MR) is 98.3 cm³/mol. The summed E-state index contributed by atoms with van der Waals surface area (Å²) in [5.41, 5.74) is -0.204. The third-order valence-electron chi connectivity index (χ3n) is 5.36. The molecule has 2 aliphatic rings. The second kappa shape index (κ2) is 7.11. The van der Waals surface area contributed by atoms with Gasteiger partial charge in [-0.15, -0.1) is 0 Å². The molecule has 1 atom stereocenters. The van der Waals surface area contributed by atoms with Crippen LogP contribution in [0.5, 0.6) is 0 Å². The first-order valence-electron chi connectivity index (χ1n) is 9.31. The second-order valence-electron chi connectivity index (χ2n) is 7.20. The number of furan rings is 1. The Morgan fingerprint density at radius 2 is 2.08 bits per heavy atom. The number of hydrogen-bond donors (Lipinski definition) is 0. The van der Waals surface area contributed by atoms with Crippen LogP contribution in [0.1, 0.15) is 35.6 Å². The van der Waals surface area contributed by atoms with Gasteiger partial charge in [-0.2, -0.15) is 0 Å². The van der Waals surface area contributed by atoms with E-state index in [2.05, 4.69) is 9.88 Å². The lowest BCUT2D eigenvalue weighted by Crippen LogP contribution is -2.52. The molecule has 2 fully saturated rings. The average molecular weight is 355 g/mol. The number of morpholine rings is 1. The van der Waals surface area contributed by atoms with Crippen molar-refractivity contribution < 1.29 is 13.9 Å². The van der Waals surface area contributed by atoms with E-state index >= 15 is 0 Å². The Kier molecular flexibility index (Phi) is 4.68. The zero-order valence-corrected chi connectivity index (χ0v) is 15.2. The molecule has 4 rings (SSSR count). The van der Waals surface area contributed by atoms with E-state index < -0.39 is 0 Å². The van der Waals surface area contributed by atoms with Crippen LogP contribution in [0.15, 0.2) is 40.9 Å². The van der Waals surface area contributed by atoms with Crippen LogP contribution in [0, 0.1) is 6.92 Å². The molecule has 1 amide bonds. The van der Waals surface area contributed by atoms with Crippen molar-refractivity contribution in [1.82, 2.24) is 9.88 Å². The minimum Gasteiger partial charge on any atom is -0.456 e. The van der Waals surface area contributed by atoms with Gasteiger partial charge in [-0.05, 0) is 50.5 Å². The summed E-state index contributed by atoms with van der Waals surface area (Å²) in [5, 5.41) is 0. The molecule has 0 radical (unpaired) electrons. The smallest absolute Gasteiger partial charge is 0.289 e. The normalized spacial score (nSPS) is 23.9. The Morgan fingerprint density at radius 1 is 1.15 bits per heavy atom. The molecule has 2 aromatic heterocycles. The van der Waals surface area contributed by atoms with Crippen LogP contribution in [-0.4, -0.2) is 54.2 Å². The Labute approximate surface area is 153 Å². The first-order valence-corrected chi connectivity index (χ1v) is 9.31. The van der Waals surface area contributed by atoms with Crippen molar-refractivity contribution in [2.24, 2.45) is 0 Å². The summed E-state index contributed by atoms with van der Waals surface area (Å²) >= 11 is 0. The number of pyridine rings is 1. The van der Waals surface area contributed by atoms with Crippen LogP contribution >= 0.6 is 0 Å². The topological polar surface area (TPSA) is 58.8 Å². The molecular weight excluding hydrogens is 330 g/mol. The molecule has 0 N–H and O–H groups in total. The highest BCUT2D eigenvalue weighted by atomic mass is 16.5. The van der Waals surface area contributed by atoms with Gasteiger partial charge < -0.3 is 19.0 Å². The van der Waals surface area contributed by atoms with Crippen LogP contribution in [0.3, 0.4) is 0 Å². The summed E-state index contributed by atoms with van der Waals surface area (Å²) in [6.07, 6.45) is 4.55. The molecule has 4 heterocycles. The van der Waals surface area contributed by atoms with Gasteiger partial charge in [0, 0.05) is 32.4 Å². The summed E-state index contributed by atoms with van der Waals surface area (Å²) in [5.74, 6) is 2.17. The highest BCUT2D eigenvalue weighted by Gasteiger charge is 2.39. The van der Waals surface area contributed by atoms with E-state index in [1.165, 1.54) is 0 Å². The van der Waals surface area contributed by atoms with Crippen LogP contribution in [-0.2, 0) is 4.74 Å². The van der Waals surface area contributed by atoms with E-state index in [1.54, 1.807) is 6.07 Å². The number of nitrogens with zero attached hydrogens (tertiary/aromatic N) is 3. The van der Waals surface area contributed by atoms with Crippen molar-refractivity contribution >= 4 is 11.7 Å². The molecule has 2 saturated heterocycles. The standard InChI is InChI=1S/C20H25N3O3/c1-16-6-7-17(26-16)19(24)22-11-4-8-20(9-12-22)15-23(13-14-25-20)18-5-2-3-10-21-18/h2-3,5-7,10H,4,8-9,11-15H2,1H3. The maximum Gasteiger partial charge on any atom is 0.289 e.